The maximum Gasteiger partial charge on any atom is 0.0511 e. The van der Waals surface area contributed by atoms with Gasteiger partial charge in [0.15, 0.2) is 0 Å². The summed E-state index contributed by atoms with van der Waals surface area (Å²) >= 11 is -0.310. The number of hydrogen-bond donors (Lipinski definition) is 0. The van der Waals surface area contributed by atoms with Gasteiger partial charge in [0.25, 0.3) is 0 Å². The van der Waals surface area contributed by atoms with Crippen molar-refractivity contribution in [2.24, 2.45) is 0 Å². The maximum atomic E-state index is 5.50. The molecule has 1 radical (unpaired) electrons. The number of halogens is 1. The number of rotatable bonds is 4. The van der Waals surface area contributed by atoms with E-state index in [9.17, 15) is 0 Å². The van der Waals surface area contributed by atoms with Gasteiger partial charge in [-0.25, -0.2) is 0 Å². The Morgan fingerprint density at radius 1 is 1.25 bits per heavy atom. The molecule has 0 rings (SSSR count). The van der Waals surface area contributed by atoms with Crippen LogP contribution < -0.4 is 0 Å². The Kier molecular flexibility index (Phi) is 57.7. The van der Waals surface area contributed by atoms with Crippen LogP contribution >= 0.6 is 20.7 Å². The van der Waals surface area contributed by atoms with Gasteiger partial charge in [0.05, 0.1) is 6.10 Å². The Hall–Kier alpha value is 1.78. The Morgan fingerprint density at radius 2 is 1.62 bits per heavy atom. The van der Waals surface area contributed by atoms with Gasteiger partial charge in [0.2, 0.25) is 0 Å². The van der Waals surface area contributed by atoms with Crippen LogP contribution in [-0.4, -0.2) is 10.6 Å². The van der Waals surface area contributed by atoms with Gasteiger partial charge in [-0.1, -0.05) is 41.0 Å². The van der Waals surface area contributed by atoms with Crippen molar-refractivity contribution in [1.29, 1.82) is 0 Å². The molecular weight excluding hydrogens is 576 g/mol. The topological polar surface area (TPSA) is 9.23 Å². The molecule has 97 valence electrons. The van der Waals surface area contributed by atoms with E-state index in [2.05, 4.69) is 13.2 Å². The van der Waals surface area contributed by atoms with Crippen LogP contribution in [0.3, 0.4) is 0 Å². The molecule has 0 bridgehead atoms. The number of hydrogen-bond acceptors (Lipinski definition) is 1. The van der Waals surface area contributed by atoms with Crippen molar-refractivity contribution < 1.29 is 54.4 Å². The van der Waals surface area contributed by atoms with Crippen LogP contribution in [0, 0.1) is 37.4 Å². The zero-order valence-electron chi connectivity index (χ0n) is 11.6. The third-order valence-electron chi connectivity index (χ3n) is 0.847. The Labute approximate surface area is 149 Å². The van der Waals surface area contributed by atoms with Crippen LogP contribution in [0.25, 0.3) is 0 Å². The minimum atomic E-state index is -0.310. The number of ether oxygens (including phenoxy) is 1. The molecule has 0 heterocycles. The van der Waals surface area contributed by atoms with Crippen molar-refractivity contribution in [1.82, 2.24) is 0 Å². The molecule has 0 amide bonds. The molecule has 0 spiro atoms. The zero-order valence-corrected chi connectivity index (χ0v) is 19.3. The quantitative estimate of drug-likeness (QED) is 0.256. The van der Waals surface area contributed by atoms with Crippen molar-refractivity contribution >= 4 is 25.2 Å². The van der Waals surface area contributed by atoms with Gasteiger partial charge in [-0.3, -0.25) is 6.26 Å². The van der Waals surface area contributed by atoms with Gasteiger partial charge in [-0.2, -0.15) is 3.58 Å². The van der Waals surface area contributed by atoms with E-state index in [1.54, 1.807) is 0 Å². The molecule has 0 unspecified atom stereocenters. The minimum absolute atomic E-state index is 0. The molecule has 0 fully saturated rings. The summed E-state index contributed by atoms with van der Waals surface area (Å²) in [5, 5.41) is 0. The fourth-order valence-corrected chi connectivity index (χ4v) is 1.05. The van der Waals surface area contributed by atoms with Gasteiger partial charge in [0, 0.05) is 49.7 Å². The predicted octanol–water partition coefficient (Wildman–Crippen LogP) is 4.80. The van der Waals surface area contributed by atoms with E-state index in [1.807, 2.05) is 41.5 Å². The molecule has 0 aliphatic heterocycles. The molecule has 0 aromatic carbocycles. The summed E-state index contributed by atoms with van der Waals surface area (Å²) in [6.45, 7) is 14.0. The first-order chi connectivity index (χ1) is 6.70. The first-order valence-corrected chi connectivity index (χ1v) is 7.64. The molecule has 0 saturated heterocycles. The van der Waals surface area contributed by atoms with Crippen LogP contribution in [0.5, 0.6) is 0 Å². The Bertz CT molecular complexity index is 139. The van der Waals surface area contributed by atoms with Gasteiger partial charge >= 0.3 is 0 Å². The van der Waals surface area contributed by atoms with E-state index in [4.69, 9.17) is 9.25 Å². The molecule has 0 aromatic heterocycles. The zero-order chi connectivity index (χ0) is 12.0. The second-order valence-corrected chi connectivity index (χ2v) is 4.06. The van der Waals surface area contributed by atoms with E-state index in [-0.39, 0.29) is 76.5 Å². The van der Waals surface area contributed by atoms with Crippen LogP contribution in [0.1, 0.15) is 54.9 Å². The molecule has 1 nitrogen and oxygen atoms in total. The largest absolute Gasteiger partial charge is 0.691 e. The second kappa shape index (κ2) is 30.1. The van der Waals surface area contributed by atoms with E-state index in [0.717, 1.165) is 10.0 Å². The molecule has 0 saturated carbocycles. The van der Waals surface area contributed by atoms with Crippen LogP contribution in [0.2, 0.25) is 0 Å². The molecule has 0 atom stereocenters. The fourth-order valence-electron chi connectivity index (χ4n) is 0.353. The van der Waals surface area contributed by atoms with Gasteiger partial charge < -0.3 is 30.0 Å². The monoisotopic (exact) mass is 601 g/mol. The SMILES string of the molecule is CC.CC.[CH-]=IC(=[C-]OC(C)C)CC.[U].[V]. The normalized spacial score (nSPS) is 8.38. The Morgan fingerprint density at radius 3 is 1.81 bits per heavy atom. The van der Waals surface area contributed by atoms with E-state index in [0.29, 0.717) is 0 Å². The third kappa shape index (κ3) is 29.7. The average molecular weight is 601 g/mol. The smallest absolute Gasteiger partial charge is 0.0511 e. The van der Waals surface area contributed by atoms with Crippen molar-refractivity contribution in [2.75, 3.05) is 0 Å². The van der Waals surface area contributed by atoms with Crippen LogP contribution in [0.15, 0.2) is 3.58 Å². The van der Waals surface area contributed by atoms with Crippen molar-refractivity contribution in [2.45, 2.75) is 61.0 Å². The van der Waals surface area contributed by atoms with Crippen molar-refractivity contribution in [3.63, 3.8) is 0 Å². The van der Waals surface area contributed by atoms with Gasteiger partial charge in [-0.05, 0) is 13.8 Å². The Balaban J connectivity index is -0.0000000602. The minimum Gasteiger partial charge on any atom is -0.691 e. The molecule has 16 heavy (non-hydrogen) atoms. The first kappa shape index (κ1) is 30.6. The summed E-state index contributed by atoms with van der Waals surface area (Å²) in [7, 11) is 0. The first-order valence-electron chi connectivity index (χ1n) is 5.31. The summed E-state index contributed by atoms with van der Waals surface area (Å²) in [4.78, 5) is 0. The average Bonchev–Trinajstić information content (AvgIpc) is 2.25. The van der Waals surface area contributed by atoms with E-state index in [1.165, 1.54) is 0 Å². The molecular formula is C12H25IOUV-2. The van der Waals surface area contributed by atoms with Crippen molar-refractivity contribution in [3.8, 4) is 0 Å². The predicted molar refractivity (Wildman–Crippen MR) is 76.0 cm³/mol. The summed E-state index contributed by atoms with van der Waals surface area (Å²) < 4.78 is 11.8. The molecule has 0 aliphatic carbocycles. The van der Waals surface area contributed by atoms with E-state index >= 15 is 0 Å². The molecule has 0 aromatic rings. The van der Waals surface area contributed by atoms with Crippen molar-refractivity contribution in [3.05, 3.63) is 9.84 Å². The summed E-state index contributed by atoms with van der Waals surface area (Å²) in [5.74, 6) is 0. The standard InChI is InChI=1S/C8H13IO.2C2H6.U.V/c1-5-8(9-4)6-10-7(2)3;2*1-2;;/h4,7H,5H2,1-3H3;2*1-2H3;;/q-2;;;;. The van der Waals surface area contributed by atoms with Gasteiger partial charge in [0.1, 0.15) is 0 Å². The molecule has 0 N–H and O–H groups in total. The maximum absolute atomic E-state index is 5.50. The number of allylic oxidation sites excluding steroid dienone is 1. The molecule has 4 heteroatoms. The second-order valence-electron chi connectivity index (χ2n) is 2.14. The summed E-state index contributed by atoms with van der Waals surface area (Å²) in [5.41, 5.74) is 0. The fraction of sp³-hybridized carbons (Fsp3) is 0.750. The summed E-state index contributed by atoms with van der Waals surface area (Å²) in [6, 6.07) is 0. The van der Waals surface area contributed by atoms with Crippen LogP contribution in [-0.2, 0) is 23.3 Å². The van der Waals surface area contributed by atoms with Crippen LogP contribution in [0.4, 0.5) is 0 Å². The molecule has 0 aliphatic rings. The third-order valence-corrected chi connectivity index (χ3v) is 2.58. The summed E-state index contributed by atoms with van der Waals surface area (Å²) in [6.07, 6.45) is 4.05. The van der Waals surface area contributed by atoms with Gasteiger partial charge in [-0.15, -0.1) is 0 Å². The van der Waals surface area contributed by atoms with E-state index < -0.39 is 0 Å².